The standard InChI is InChI=1S/C12H16N4S/c1-2-9-4-3-5-15-12(9)10(16-13)8-11-14-6-7-17-11/h3-7,10,16H,2,8,13H2,1H3. The maximum absolute atomic E-state index is 5.63. The largest absolute Gasteiger partial charge is 0.271 e. The van der Waals surface area contributed by atoms with E-state index in [2.05, 4.69) is 28.4 Å². The van der Waals surface area contributed by atoms with Crippen molar-refractivity contribution < 1.29 is 0 Å². The molecule has 4 nitrogen and oxygen atoms in total. The van der Waals surface area contributed by atoms with Crippen molar-refractivity contribution in [2.24, 2.45) is 5.84 Å². The lowest BCUT2D eigenvalue weighted by atomic mass is 10.0. The zero-order chi connectivity index (χ0) is 12.1. The molecule has 2 heterocycles. The van der Waals surface area contributed by atoms with Crippen LogP contribution in [-0.2, 0) is 12.8 Å². The van der Waals surface area contributed by atoms with Gasteiger partial charge in [0.2, 0.25) is 0 Å². The van der Waals surface area contributed by atoms with Gasteiger partial charge >= 0.3 is 0 Å². The van der Waals surface area contributed by atoms with Crippen LogP contribution in [-0.4, -0.2) is 9.97 Å². The van der Waals surface area contributed by atoms with Crippen molar-refractivity contribution in [3.8, 4) is 0 Å². The van der Waals surface area contributed by atoms with Crippen molar-refractivity contribution in [1.82, 2.24) is 15.4 Å². The van der Waals surface area contributed by atoms with Crippen LogP contribution in [0.5, 0.6) is 0 Å². The minimum absolute atomic E-state index is 0.0253. The zero-order valence-corrected chi connectivity index (χ0v) is 10.6. The summed E-state index contributed by atoms with van der Waals surface area (Å²) in [6.07, 6.45) is 5.35. The Balaban J connectivity index is 2.22. The minimum Gasteiger partial charge on any atom is -0.271 e. The molecule has 0 saturated carbocycles. The number of hydrogen-bond acceptors (Lipinski definition) is 5. The molecule has 90 valence electrons. The Bertz CT molecular complexity index is 455. The Kier molecular flexibility index (Phi) is 4.19. The summed E-state index contributed by atoms with van der Waals surface area (Å²) in [4.78, 5) is 8.72. The van der Waals surface area contributed by atoms with E-state index in [4.69, 9.17) is 5.84 Å². The predicted molar refractivity (Wildman–Crippen MR) is 69.5 cm³/mol. The van der Waals surface area contributed by atoms with Gasteiger partial charge < -0.3 is 0 Å². The Labute approximate surface area is 105 Å². The van der Waals surface area contributed by atoms with Gasteiger partial charge in [0.1, 0.15) is 0 Å². The molecule has 1 atom stereocenters. The monoisotopic (exact) mass is 248 g/mol. The average Bonchev–Trinajstić information content (AvgIpc) is 2.89. The molecular weight excluding hydrogens is 232 g/mol. The van der Waals surface area contributed by atoms with Crippen LogP contribution >= 0.6 is 11.3 Å². The Morgan fingerprint density at radius 3 is 2.94 bits per heavy atom. The maximum atomic E-state index is 5.63. The number of hydrogen-bond donors (Lipinski definition) is 2. The van der Waals surface area contributed by atoms with E-state index in [9.17, 15) is 0 Å². The predicted octanol–water partition coefficient (Wildman–Crippen LogP) is 1.85. The first-order valence-electron chi connectivity index (χ1n) is 5.63. The topological polar surface area (TPSA) is 63.8 Å². The van der Waals surface area contributed by atoms with Gasteiger partial charge in [0.25, 0.3) is 0 Å². The second kappa shape index (κ2) is 5.86. The molecule has 1 unspecified atom stereocenters. The van der Waals surface area contributed by atoms with Crippen LogP contribution in [0.15, 0.2) is 29.9 Å². The molecule has 0 bridgehead atoms. The number of aryl methyl sites for hydroxylation is 1. The third-order valence-corrected chi connectivity index (χ3v) is 3.50. The van der Waals surface area contributed by atoms with Gasteiger partial charge in [0.05, 0.1) is 16.7 Å². The number of pyridine rings is 1. The normalized spacial score (nSPS) is 12.6. The molecule has 5 heteroatoms. The highest BCUT2D eigenvalue weighted by Gasteiger charge is 2.16. The van der Waals surface area contributed by atoms with E-state index < -0.39 is 0 Å². The maximum Gasteiger partial charge on any atom is 0.0944 e. The van der Waals surface area contributed by atoms with Crippen LogP contribution < -0.4 is 11.3 Å². The van der Waals surface area contributed by atoms with Crippen molar-refractivity contribution in [2.45, 2.75) is 25.8 Å². The van der Waals surface area contributed by atoms with Crippen LogP contribution in [0.1, 0.15) is 29.2 Å². The minimum atomic E-state index is 0.0253. The molecule has 0 spiro atoms. The van der Waals surface area contributed by atoms with Crippen molar-refractivity contribution in [1.29, 1.82) is 0 Å². The number of nitrogens with zero attached hydrogens (tertiary/aromatic N) is 2. The lowest BCUT2D eigenvalue weighted by molar-refractivity contribution is 0.532. The number of rotatable bonds is 5. The van der Waals surface area contributed by atoms with E-state index in [0.717, 1.165) is 23.5 Å². The molecule has 0 aliphatic carbocycles. The summed E-state index contributed by atoms with van der Waals surface area (Å²) < 4.78 is 0. The first-order chi connectivity index (χ1) is 8.35. The van der Waals surface area contributed by atoms with Crippen molar-refractivity contribution >= 4 is 11.3 Å². The Morgan fingerprint density at radius 1 is 1.41 bits per heavy atom. The highest BCUT2D eigenvalue weighted by molar-refractivity contribution is 7.09. The van der Waals surface area contributed by atoms with Gasteiger partial charge in [-0.1, -0.05) is 13.0 Å². The fourth-order valence-electron chi connectivity index (χ4n) is 1.83. The van der Waals surface area contributed by atoms with E-state index in [0.29, 0.717) is 0 Å². The molecule has 0 amide bonds. The molecule has 17 heavy (non-hydrogen) atoms. The number of nitrogens with two attached hydrogens (primary N) is 1. The number of aromatic nitrogens is 2. The average molecular weight is 248 g/mol. The molecule has 3 N–H and O–H groups in total. The highest BCUT2D eigenvalue weighted by Crippen LogP contribution is 2.20. The van der Waals surface area contributed by atoms with Gasteiger partial charge in [0.15, 0.2) is 0 Å². The third-order valence-electron chi connectivity index (χ3n) is 2.70. The van der Waals surface area contributed by atoms with Gasteiger partial charge in [-0.05, 0) is 18.1 Å². The van der Waals surface area contributed by atoms with Crippen LogP contribution in [0.4, 0.5) is 0 Å². The summed E-state index contributed by atoms with van der Waals surface area (Å²) in [6.45, 7) is 2.12. The van der Waals surface area contributed by atoms with Gasteiger partial charge in [-0.25, -0.2) is 4.98 Å². The van der Waals surface area contributed by atoms with Crippen LogP contribution in [0.2, 0.25) is 0 Å². The van der Waals surface area contributed by atoms with E-state index in [1.54, 1.807) is 17.5 Å². The van der Waals surface area contributed by atoms with Crippen molar-refractivity contribution in [2.75, 3.05) is 0 Å². The van der Waals surface area contributed by atoms with Gasteiger partial charge in [-0.3, -0.25) is 16.3 Å². The number of nitrogens with one attached hydrogen (secondary N) is 1. The van der Waals surface area contributed by atoms with E-state index in [1.807, 2.05) is 17.6 Å². The lowest BCUT2D eigenvalue weighted by Crippen LogP contribution is -2.31. The molecule has 2 aromatic heterocycles. The zero-order valence-electron chi connectivity index (χ0n) is 9.76. The summed E-state index contributed by atoms with van der Waals surface area (Å²) in [5.41, 5.74) is 5.09. The molecule has 2 rings (SSSR count). The van der Waals surface area contributed by atoms with Crippen LogP contribution in [0.25, 0.3) is 0 Å². The Hall–Kier alpha value is -1.30. The second-order valence-electron chi connectivity index (χ2n) is 3.75. The second-order valence-corrected chi connectivity index (χ2v) is 4.73. The summed E-state index contributed by atoms with van der Waals surface area (Å²) in [6, 6.07) is 4.07. The Morgan fingerprint density at radius 2 is 2.29 bits per heavy atom. The first kappa shape index (κ1) is 12.2. The fourth-order valence-corrected chi connectivity index (χ4v) is 2.49. The first-order valence-corrected chi connectivity index (χ1v) is 6.51. The van der Waals surface area contributed by atoms with E-state index in [1.165, 1.54) is 5.56 Å². The van der Waals surface area contributed by atoms with Crippen LogP contribution in [0.3, 0.4) is 0 Å². The van der Waals surface area contributed by atoms with Crippen molar-refractivity contribution in [3.05, 3.63) is 46.2 Å². The highest BCUT2D eigenvalue weighted by atomic mass is 32.1. The lowest BCUT2D eigenvalue weighted by Gasteiger charge is -2.16. The van der Waals surface area contributed by atoms with Gasteiger partial charge in [-0.2, -0.15) is 0 Å². The smallest absolute Gasteiger partial charge is 0.0944 e. The van der Waals surface area contributed by atoms with Crippen molar-refractivity contribution in [3.63, 3.8) is 0 Å². The van der Waals surface area contributed by atoms with Gasteiger partial charge in [-0.15, -0.1) is 11.3 Å². The molecular formula is C12H16N4S. The number of hydrazine groups is 1. The van der Waals surface area contributed by atoms with Gasteiger partial charge in [0, 0.05) is 24.2 Å². The fraction of sp³-hybridized carbons (Fsp3) is 0.333. The van der Waals surface area contributed by atoms with Crippen LogP contribution in [0, 0.1) is 0 Å². The SMILES string of the molecule is CCc1cccnc1C(Cc1nccs1)NN. The molecule has 0 saturated heterocycles. The van der Waals surface area contributed by atoms with E-state index in [-0.39, 0.29) is 6.04 Å². The molecule has 0 fully saturated rings. The quantitative estimate of drug-likeness (QED) is 0.626. The summed E-state index contributed by atoms with van der Waals surface area (Å²) in [7, 11) is 0. The number of thiazole rings is 1. The summed E-state index contributed by atoms with van der Waals surface area (Å²) in [5, 5.41) is 3.04. The third kappa shape index (κ3) is 2.88. The molecule has 0 aromatic carbocycles. The molecule has 0 aliphatic heterocycles. The van der Waals surface area contributed by atoms with E-state index >= 15 is 0 Å². The summed E-state index contributed by atoms with van der Waals surface area (Å²) >= 11 is 1.64. The molecule has 0 aliphatic rings. The molecule has 0 radical (unpaired) electrons. The molecule has 2 aromatic rings. The summed E-state index contributed by atoms with van der Waals surface area (Å²) in [5.74, 6) is 5.63.